The van der Waals surface area contributed by atoms with Crippen LogP contribution in [-0.4, -0.2) is 63.0 Å². The number of rotatable bonds is 7. The van der Waals surface area contributed by atoms with E-state index >= 15 is 0 Å². The maximum absolute atomic E-state index is 13.1. The van der Waals surface area contributed by atoms with Crippen LogP contribution in [0.1, 0.15) is 64.3 Å². The number of ether oxygens (including phenoxy) is 1. The van der Waals surface area contributed by atoms with Crippen LogP contribution in [0, 0.1) is 13.8 Å². The van der Waals surface area contributed by atoms with E-state index in [0.717, 1.165) is 55.7 Å². The number of fused-ring (bicyclic) bond motifs is 1. The zero-order chi connectivity index (χ0) is 27.6. The van der Waals surface area contributed by atoms with E-state index in [1.165, 1.54) is 23.3 Å². The highest BCUT2D eigenvalue weighted by atomic mass is 19.4. The van der Waals surface area contributed by atoms with Crippen molar-refractivity contribution in [2.24, 2.45) is 0 Å². The average molecular weight is 542 g/mol. The summed E-state index contributed by atoms with van der Waals surface area (Å²) in [5.41, 5.74) is 3.23. The Morgan fingerprint density at radius 2 is 1.74 bits per heavy atom. The molecule has 7 nitrogen and oxygen atoms in total. The Bertz CT molecular complexity index is 1280. The quantitative estimate of drug-likeness (QED) is 0.373. The third-order valence-electron chi connectivity index (χ3n) is 8.05. The number of benzene rings is 2. The zero-order valence-corrected chi connectivity index (χ0v) is 22.3. The van der Waals surface area contributed by atoms with Gasteiger partial charge in [0.15, 0.2) is 0 Å². The number of piperazine rings is 1. The topological polar surface area (TPSA) is 63.5 Å². The van der Waals surface area contributed by atoms with Crippen LogP contribution in [0.15, 0.2) is 48.8 Å². The SMILES string of the molecule is Cc1c(OCCCn2nccn2)ccc(C2CCCC3CN(C(=O)c4ccc(C(F)(F)F)cc4)CCN32)c1C. The molecule has 1 aromatic heterocycles. The van der Waals surface area contributed by atoms with E-state index in [4.69, 9.17) is 4.74 Å². The summed E-state index contributed by atoms with van der Waals surface area (Å²) in [5.74, 6) is 0.686. The van der Waals surface area contributed by atoms with Crippen LogP contribution in [0.3, 0.4) is 0 Å². The van der Waals surface area contributed by atoms with Crippen LogP contribution in [0.4, 0.5) is 13.2 Å². The van der Waals surface area contributed by atoms with Gasteiger partial charge in [0.1, 0.15) is 5.75 Å². The summed E-state index contributed by atoms with van der Waals surface area (Å²) in [7, 11) is 0. The lowest BCUT2D eigenvalue weighted by Crippen LogP contribution is -2.57. The summed E-state index contributed by atoms with van der Waals surface area (Å²) in [6, 6.07) is 9.27. The van der Waals surface area contributed by atoms with E-state index < -0.39 is 11.7 Å². The fourth-order valence-corrected chi connectivity index (χ4v) is 5.83. The van der Waals surface area contributed by atoms with Gasteiger partial charge in [0.25, 0.3) is 5.91 Å². The lowest BCUT2D eigenvalue weighted by molar-refractivity contribution is -0.137. The predicted molar refractivity (Wildman–Crippen MR) is 140 cm³/mol. The highest BCUT2D eigenvalue weighted by molar-refractivity contribution is 5.94. The standard InChI is InChI=1S/C29H34F3N5O2/c1-20-21(2)27(39-18-4-15-37-33-13-14-34-37)12-11-25(20)26-6-3-5-24-19-35(16-17-36(24)26)28(38)22-7-9-23(10-8-22)29(30,31)32/h7-14,24,26H,3-6,15-19H2,1-2H3. The molecule has 208 valence electrons. The van der Waals surface area contributed by atoms with Gasteiger partial charge in [-0.2, -0.15) is 28.2 Å². The first-order valence-electron chi connectivity index (χ1n) is 13.5. The lowest BCUT2D eigenvalue weighted by atomic mass is 9.86. The number of hydrogen-bond acceptors (Lipinski definition) is 5. The Hall–Kier alpha value is -3.40. The molecule has 2 atom stereocenters. The zero-order valence-electron chi connectivity index (χ0n) is 22.3. The Balaban J connectivity index is 1.22. The first-order chi connectivity index (χ1) is 18.7. The molecule has 0 N–H and O–H groups in total. The van der Waals surface area contributed by atoms with E-state index in [0.29, 0.717) is 31.8 Å². The smallest absolute Gasteiger partial charge is 0.416 e. The number of carbonyl (C=O) groups is 1. The number of halogens is 3. The van der Waals surface area contributed by atoms with Gasteiger partial charge >= 0.3 is 6.18 Å². The molecule has 2 aliphatic rings. The van der Waals surface area contributed by atoms with Crippen molar-refractivity contribution >= 4 is 5.91 Å². The molecular formula is C29H34F3N5O2. The normalized spacial score (nSPS) is 20.1. The minimum atomic E-state index is -4.41. The van der Waals surface area contributed by atoms with Gasteiger partial charge in [-0.25, -0.2) is 0 Å². The van der Waals surface area contributed by atoms with Crippen molar-refractivity contribution in [2.45, 2.75) is 64.3 Å². The van der Waals surface area contributed by atoms with Gasteiger partial charge in [-0.1, -0.05) is 6.07 Å². The first-order valence-corrected chi connectivity index (χ1v) is 13.5. The van der Waals surface area contributed by atoms with Gasteiger partial charge in [-0.3, -0.25) is 9.69 Å². The van der Waals surface area contributed by atoms with Crippen molar-refractivity contribution in [1.82, 2.24) is 24.8 Å². The van der Waals surface area contributed by atoms with Crippen LogP contribution in [-0.2, 0) is 12.7 Å². The van der Waals surface area contributed by atoms with E-state index in [1.54, 1.807) is 22.1 Å². The van der Waals surface area contributed by atoms with E-state index in [9.17, 15) is 18.0 Å². The number of nitrogens with zero attached hydrogens (tertiary/aromatic N) is 5. The molecule has 0 saturated carbocycles. The fourth-order valence-electron chi connectivity index (χ4n) is 5.83. The van der Waals surface area contributed by atoms with Crippen LogP contribution >= 0.6 is 0 Å². The molecule has 1 amide bonds. The monoisotopic (exact) mass is 541 g/mol. The van der Waals surface area contributed by atoms with E-state index in [-0.39, 0.29) is 18.0 Å². The summed E-state index contributed by atoms with van der Waals surface area (Å²) in [4.78, 5) is 19.1. The Kier molecular flexibility index (Phi) is 7.93. The second-order valence-electron chi connectivity index (χ2n) is 10.4. The molecular weight excluding hydrogens is 507 g/mol. The van der Waals surface area contributed by atoms with Gasteiger partial charge in [-0.05, 0) is 80.1 Å². The Labute approximate surface area is 226 Å². The number of amides is 1. The third kappa shape index (κ3) is 5.95. The second kappa shape index (κ2) is 11.4. The fraction of sp³-hybridized carbons (Fsp3) is 0.483. The Morgan fingerprint density at radius 3 is 2.46 bits per heavy atom. The van der Waals surface area contributed by atoms with Crippen molar-refractivity contribution in [3.8, 4) is 5.75 Å². The predicted octanol–water partition coefficient (Wildman–Crippen LogP) is 5.43. The molecule has 5 rings (SSSR count). The van der Waals surface area contributed by atoms with E-state index in [2.05, 4.69) is 41.1 Å². The molecule has 0 spiro atoms. The molecule has 0 bridgehead atoms. The van der Waals surface area contributed by atoms with Crippen LogP contribution < -0.4 is 4.74 Å². The van der Waals surface area contributed by atoms with E-state index in [1.807, 2.05) is 0 Å². The van der Waals surface area contributed by atoms with Crippen molar-refractivity contribution < 1.29 is 22.7 Å². The second-order valence-corrected chi connectivity index (χ2v) is 10.4. The Morgan fingerprint density at radius 1 is 1.00 bits per heavy atom. The minimum Gasteiger partial charge on any atom is -0.493 e. The summed E-state index contributed by atoms with van der Waals surface area (Å²) >= 11 is 0. The summed E-state index contributed by atoms with van der Waals surface area (Å²) in [6.07, 6.45) is 2.85. The molecule has 3 heterocycles. The van der Waals surface area contributed by atoms with Crippen molar-refractivity contribution in [2.75, 3.05) is 26.2 Å². The maximum Gasteiger partial charge on any atom is 0.416 e. The molecule has 0 radical (unpaired) electrons. The summed E-state index contributed by atoms with van der Waals surface area (Å²) in [6.45, 7) is 7.42. The summed E-state index contributed by atoms with van der Waals surface area (Å²) < 4.78 is 44.8. The molecule has 2 saturated heterocycles. The molecule has 2 fully saturated rings. The number of aromatic nitrogens is 3. The number of aryl methyl sites for hydroxylation is 1. The van der Waals surface area contributed by atoms with Crippen LogP contribution in [0.2, 0.25) is 0 Å². The molecule has 2 unspecified atom stereocenters. The van der Waals surface area contributed by atoms with Crippen molar-refractivity contribution in [1.29, 1.82) is 0 Å². The maximum atomic E-state index is 13.1. The molecule has 0 aliphatic carbocycles. The number of alkyl halides is 3. The summed E-state index contributed by atoms with van der Waals surface area (Å²) in [5, 5.41) is 8.23. The lowest BCUT2D eigenvalue weighted by Gasteiger charge is -2.49. The van der Waals surface area contributed by atoms with Gasteiger partial charge in [0.2, 0.25) is 0 Å². The highest BCUT2D eigenvalue weighted by Crippen LogP contribution is 2.40. The van der Waals surface area contributed by atoms with Crippen molar-refractivity contribution in [3.63, 3.8) is 0 Å². The van der Waals surface area contributed by atoms with Gasteiger partial charge in [0.05, 0.1) is 31.1 Å². The minimum absolute atomic E-state index is 0.206. The number of hydrogen-bond donors (Lipinski definition) is 0. The average Bonchev–Trinajstić information content (AvgIpc) is 3.46. The molecule has 2 aliphatic heterocycles. The third-order valence-corrected chi connectivity index (χ3v) is 8.05. The largest absolute Gasteiger partial charge is 0.493 e. The highest BCUT2D eigenvalue weighted by Gasteiger charge is 2.38. The van der Waals surface area contributed by atoms with Gasteiger partial charge in [0, 0.05) is 43.7 Å². The molecule has 2 aromatic carbocycles. The van der Waals surface area contributed by atoms with Crippen LogP contribution in [0.25, 0.3) is 0 Å². The number of carbonyl (C=O) groups excluding carboxylic acids is 1. The van der Waals surface area contributed by atoms with Crippen molar-refractivity contribution in [3.05, 3.63) is 76.6 Å². The first kappa shape index (κ1) is 27.2. The molecule has 10 heteroatoms. The van der Waals surface area contributed by atoms with Crippen LogP contribution in [0.5, 0.6) is 5.75 Å². The number of piperidine rings is 1. The van der Waals surface area contributed by atoms with Gasteiger partial charge in [-0.15, -0.1) is 0 Å². The molecule has 3 aromatic rings. The van der Waals surface area contributed by atoms with Gasteiger partial charge < -0.3 is 9.64 Å². The molecule has 39 heavy (non-hydrogen) atoms.